The molecule has 0 unspecified atom stereocenters. The van der Waals surface area contributed by atoms with Crippen LogP contribution >= 0.6 is 15.9 Å². The van der Waals surface area contributed by atoms with Crippen molar-refractivity contribution in [3.8, 4) is 5.75 Å². The predicted octanol–water partition coefficient (Wildman–Crippen LogP) is 4.50. The van der Waals surface area contributed by atoms with Gasteiger partial charge in [0, 0.05) is 6.04 Å². The number of halogens is 2. The number of ether oxygens (including phenoxy) is 1. The highest BCUT2D eigenvalue weighted by atomic mass is 79.9. The fourth-order valence-corrected chi connectivity index (χ4v) is 3.13. The Morgan fingerprint density at radius 2 is 2.10 bits per heavy atom. The van der Waals surface area contributed by atoms with Crippen molar-refractivity contribution in [3.63, 3.8) is 0 Å². The van der Waals surface area contributed by atoms with Crippen molar-refractivity contribution in [2.24, 2.45) is 5.73 Å². The van der Waals surface area contributed by atoms with E-state index in [-0.39, 0.29) is 11.9 Å². The van der Waals surface area contributed by atoms with Crippen LogP contribution in [-0.4, -0.2) is 0 Å². The van der Waals surface area contributed by atoms with E-state index < -0.39 is 0 Å². The molecule has 2 aromatic rings. The zero-order valence-corrected chi connectivity index (χ0v) is 13.2. The first-order valence-corrected chi connectivity index (χ1v) is 7.88. The topological polar surface area (TPSA) is 35.2 Å². The van der Waals surface area contributed by atoms with Crippen molar-refractivity contribution < 1.29 is 9.13 Å². The molecule has 0 fully saturated rings. The Morgan fingerprint density at radius 1 is 1.24 bits per heavy atom. The highest BCUT2D eigenvalue weighted by molar-refractivity contribution is 9.10. The second kappa shape index (κ2) is 6.16. The average Bonchev–Trinajstić information content (AvgIpc) is 2.49. The molecule has 2 aromatic carbocycles. The van der Waals surface area contributed by atoms with E-state index in [1.807, 2.05) is 12.1 Å². The number of hydrogen-bond donors (Lipinski definition) is 1. The largest absolute Gasteiger partial charge is 0.489 e. The molecular formula is C17H17BrFNO. The molecule has 110 valence electrons. The highest BCUT2D eigenvalue weighted by Gasteiger charge is 2.17. The molecule has 2 nitrogen and oxygen atoms in total. The van der Waals surface area contributed by atoms with E-state index in [0.29, 0.717) is 11.1 Å². The first-order chi connectivity index (χ1) is 10.1. The molecule has 0 amide bonds. The summed E-state index contributed by atoms with van der Waals surface area (Å²) in [6.45, 7) is 0.410. The monoisotopic (exact) mass is 349 g/mol. The summed E-state index contributed by atoms with van der Waals surface area (Å²) in [5.74, 6) is 0.546. The summed E-state index contributed by atoms with van der Waals surface area (Å²) in [7, 11) is 0. The van der Waals surface area contributed by atoms with Crippen LogP contribution in [0.5, 0.6) is 5.75 Å². The SMILES string of the molecule is N[C@@H]1CCCc2ccc(OCc3ccc(F)c(Br)c3)cc21. The lowest BCUT2D eigenvalue weighted by atomic mass is 9.88. The van der Waals surface area contributed by atoms with Gasteiger partial charge in [0.25, 0.3) is 0 Å². The molecular weight excluding hydrogens is 333 g/mol. The summed E-state index contributed by atoms with van der Waals surface area (Å²) in [5, 5.41) is 0. The molecule has 3 rings (SSSR count). The third-order valence-corrected chi connectivity index (χ3v) is 4.48. The smallest absolute Gasteiger partial charge is 0.137 e. The second-order valence-electron chi connectivity index (χ2n) is 5.40. The van der Waals surface area contributed by atoms with Crippen molar-refractivity contribution >= 4 is 15.9 Å². The van der Waals surface area contributed by atoms with Crippen LogP contribution in [0.4, 0.5) is 4.39 Å². The molecule has 0 heterocycles. The molecule has 0 saturated carbocycles. The van der Waals surface area contributed by atoms with E-state index in [1.165, 1.54) is 17.2 Å². The van der Waals surface area contributed by atoms with Crippen molar-refractivity contribution in [1.82, 2.24) is 0 Å². The molecule has 1 aliphatic rings. The van der Waals surface area contributed by atoms with Gasteiger partial charge in [-0.25, -0.2) is 4.39 Å². The summed E-state index contributed by atoms with van der Waals surface area (Å²) >= 11 is 3.18. The van der Waals surface area contributed by atoms with Gasteiger partial charge in [-0.2, -0.15) is 0 Å². The van der Waals surface area contributed by atoms with Crippen molar-refractivity contribution in [2.45, 2.75) is 31.9 Å². The van der Waals surface area contributed by atoms with Gasteiger partial charge in [-0.05, 0) is 76.1 Å². The lowest BCUT2D eigenvalue weighted by molar-refractivity contribution is 0.305. The first kappa shape index (κ1) is 14.5. The Bertz CT molecular complexity index is 659. The quantitative estimate of drug-likeness (QED) is 0.884. The number of rotatable bonds is 3. The lowest BCUT2D eigenvalue weighted by Gasteiger charge is -2.22. The van der Waals surface area contributed by atoms with Gasteiger partial charge in [0.05, 0.1) is 4.47 Å². The molecule has 0 saturated heterocycles. The standard InChI is InChI=1S/C17H17BrFNO/c18-15-8-11(4-7-16(15)19)10-21-13-6-5-12-2-1-3-17(20)14(12)9-13/h4-9,17H,1-3,10,20H2/t17-/m1/s1. The summed E-state index contributed by atoms with van der Waals surface area (Å²) in [5.41, 5.74) is 9.60. The lowest BCUT2D eigenvalue weighted by Crippen LogP contribution is -2.17. The molecule has 21 heavy (non-hydrogen) atoms. The Labute approximate surface area is 132 Å². The maximum absolute atomic E-state index is 13.2. The molecule has 0 bridgehead atoms. The van der Waals surface area contributed by atoms with Crippen LogP contribution in [0.2, 0.25) is 0 Å². The third-order valence-electron chi connectivity index (χ3n) is 3.87. The fourth-order valence-electron chi connectivity index (χ4n) is 2.70. The van der Waals surface area contributed by atoms with E-state index in [4.69, 9.17) is 10.5 Å². The van der Waals surface area contributed by atoms with Crippen LogP contribution in [0.1, 0.15) is 35.6 Å². The van der Waals surface area contributed by atoms with Gasteiger partial charge in [-0.15, -0.1) is 0 Å². The number of fused-ring (bicyclic) bond motifs is 1. The summed E-state index contributed by atoms with van der Waals surface area (Å²) in [6, 6.07) is 11.1. The normalized spacial score (nSPS) is 17.4. The van der Waals surface area contributed by atoms with Crippen molar-refractivity contribution in [2.75, 3.05) is 0 Å². The van der Waals surface area contributed by atoms with Crippen LogP contribution in [0.15, 0.2) is 40.9 Å². The minimum atomic E-state index is -0.265. The predicted molar refractivity (Wildman–Crippen MR) is 84.7 cm³/mol. The zero-order valence-electron chi connectivity index (χ0n) is 11.6. The molecule has 2 N–H and O–H groups in total. The van der Waals surface area contributed by atoms with Crippen molar-refractivity contribution in [3.05, 3.63) is 63.4 Å². The molecule has 4 heteroatoms. The van der Waals surface area contributed by atoms with Gasteiger partial charge in [0.1, 0.15) is 18.2 Å². The van der Waals surface area contributed by atoms with Gasteiger partial charge < -0.3 is 10.5 Å². The van der Waals surface area contributed by atoms with Gasteiger partial charge in [0.15, 0.2) is 0 Å². The number of benzene rings is 2. The van der Waals surface area contributed by atoms with Crippen LogP contribution in [0, 0.1) is 5.82 Å². The van der Waals surface area contributed by atoms with E-state index in [0.717, 1.165) is 30.6 Å². The van der Waals surface area contributed by atoms with Gasteiger partial charge in [-0.3, -0.25) is 0 Å². The van der Waals surface area contributed by atoms with Gasteiger partial charge >= 0.3 is 0 Å². The van der Waals surface area contributed by atoms with Crippen LogP contribution in [-0.2, 0) is 13.0 Å². The molecule has 0 spiro atoms. The average molecular weight is 350 g/mol. The maximum Gasteiger partial charge on any atom is 0.137 e. The van der Waals surface area contributed by atoms with Gasteiger partial charge in [0.2, 0.25) is 0 Å². The van der Waals surface area contributed by atoms with Crippen LogP contribution in [0.25, 0.3) is 0 Å². The van der Waals surface area contributed by atoms with E-state index in [9.17, 15) is 4.39 Å². The molecule has 0 radical (unpaired) electrons. The fraction of sp³-hybridized carbons (Fsp3) is 0.294. The van der Waals surface area contributed by atoms with E-state index in [2.05, 4.69) is 22.0 Å². The summed E-state index contributed by atoms with van der Waals surface area (Å²) in [6.07, 6.45) is 3.27. The molecule has 1 atom stereocenters. The Hall–Kier alpha value is -1.39. The Balaban J connectivity index is 1.73. The first-order valence-electron chi connectivity index (χ1n) is 7.08. The molecule has 1 aliphatic carbocycles. The molecule has 0 aromatic heterocycles. The van der Waals surface area contributed by atoms with Crippen LogP contribution in [0.3, 0.4) is 0 Å². The Morgan fingerprint density at radius 3 is 2.90 bits per heavy atom. The maximum atomic E-state index is 13.2. The number of aryl methyl sites for hydroxylation is 1. The van der Waals surface area contributed by atoms with E-state index in [1.54, 1.807) is 12.1 Å². The second-order valence-corrected chi connectivity index (χ2v) is 6.25. The van der Waals surface area contributed by atoms with Gasteiger partial charge in [-0.1, -0.05) is 12.1 Å². The van der Waals surface area contributed by atoms with E-state index >= 15 is 0 Å². The Kier molecular flexibility index (Phi) is 4.27. The highest BCUT2D eigenvalue weighted by Crippen LogP contribution is 2.31. The number of hydrogen-bond acceptors (Lipinski definition) is 2. The number of nitrogens with two attached hydrogens (primary N) is 1. The molecule has 0 aliphatic heterocycles. The summed E-state index contributed by atoms with van der Waals surface area (Å²) < 4.78 is 19.4. The third kappa shape index (κ3) is 3.27. The summed E-state index contributed by atoms with van der Waals surface area (Å²) in [4.78, 5) is 0. The zero-order chi connectivity index (χ0) is 14.8. The minimum absolute atomic E-state index is 0.109. The van der Waals surface area contributed by atoms with Crippen LogP contribution < -0.4 is 10.5 Å². The minimum Gasteiger partial charge on any atom is -0.489 e. The van der Waals surface area contributed by atoms with Crippen molar-refractivity contribution in [1.29, 1.82) is 0 Å².